The Morgan fingerprint density at radius 1 is 0.860 bits per heavy atom. The molecule has 3 aromatic carbocycles. The molecule has 3 aromatic rings. The third kappa shape index (κ3) is 5.40. The molecule has 2 aliphatic heterocycles. The molecule has 1 spiro atoms. The monoisotopic (exact) mass is 582 g/mol. The van der Waals surface area contributed by atoms with E-state index in [0.717, 1.165) is 50.8 Å². The Hall–Kier alpha value is -4.17. The van der Waals surface area contributed by atoms with Crippen LogP contribution in [0.2, 0.25) is 0 Å². The second-order valence-electron chi connectivity index (χ2n) is 11.7. The highest BCUT2D eigenvalue weighted by Gasteiger charge is 2.47. The van der Waals surface area contributed by atoms with Crippen molar-refractivity contribution in [2.24, 2.45) is 5.92 Å². The van der Waals surface area contributed by atoms with Crippen LogP contribution < -0.4 is 9.47 Å². The first-order valence-corrected chi connectivity index (χ1v) is 15.1. The number of ether oxygens (including phenoxy) is 3. The minimum absolute atomic E-state index is 0.140. The predicted molar refractivity (Wildman–Crippen MR) is 161 cm³/mol. The van der Waals surface area contributed by atoms with Crippen LogP contribution in [0.15, 0.2) is 66.7 Å². The Morgan fingerprint density at radius 2 is 1.49 bits per heavy atom. The van der Waals surface area contributed by atoms with E-state index in [1.165, 1.54) is 16.0 Å². The van der Waals surface area contributed by atoms with Gasteiger partial charge in [0.2, 0.25) is 0 Å². The van der Waals surface area contributed by atoms with E-state index in [-0.39, 0.29) is 35.8 Å². The SMILES string of the molecule is COc1cc2c(cc1OC)[C@]1(CC[C@H](C(=O)OCc3ccccc3)CC1)N(CCCN1C(=O)c3ccccc3C1=O)CC2. The van der Waals surface area contributed by atoms with Gasteiger partial charge in [0, 0.05) is 25.2 Å². The smallest absolute Gasteiger partial charge is 0.309 e. The van der Waals surface area contributed by atoms with E-state index in [0.29, 0.717) is 35.6 Å². The van der Waals surface area contributed by atoms with Gasteiger partial charge in [0.15, 0.2) is 11.5 Å². The number of carbonyl (C=O) groups is 3. The summed E-state index contributed by atoms with van der Waals surface area (Å²) in [7, 11) is 3.31. The molecule has 1 saturated carbocycles. The van der Waals surface area contributed by atoms with Crippen molar-refractivity contribution in [2.45, 2.75) is 50.7 Å². The zero-order valence-corrected chi connectivity index (χ0v) is 24.8. The summed E-state index contributed by atoms with van der Waals surface area (Å²) in [6, 6.07) is 21.0. The molecule has 8 nitrogen and oxygen atoms in total. The molecule has 0 bridgehead atoms. The molecule has 1 aliphatic carbocycles. The second kappa shape index (κ2) is 12.2. The molecular weight excluding hydrogens is 544 g/mol. The number of esters is 1. The Balaban J connectivity index is 1.19. The zero-order valence-electron chi connectivity index (χ0n) is 24.8. The molecule has 6 rings (SSSR count). The van der Waals surface area contributed by atoms with Crippen LogP contribution in [0, 0.1) is 5.92 Å². The van der Waals surface area contributed by atoms with Crippen LogP contribution in [0.5, 0.6) is 11.5 Å². The van der Waals surface area contributed by atoms with Gasteiger partial charge in [-0.2, -0.15) is 0 Å². The summed E-state index contributed by atoms with van der Waals surface area (Å²) in [5, 5.41) is 0. The number of imide groups is 1. The maximum absolute atomic E-state index is 13.1. The lowest BCUT2D eigenvalue weighted by Gasteiger charge is -2.52. The van der Waals surface area contributed by atoms with Crippen LogP contribution in [0.3, 0.4) is 0 Å². The molecule has 2 heterocycles. The number of rotatable bonds is 9. The predicted octanol–water partition coefficient (Wildman–Crippen LogP) is 5.38. The first-order chi connectivity index (χ1) is 20.9. The van der Waals surface area contributed by atoms with Crippen molar-refractivity contribution in [3.05, 3.63) is 94.5 Å². The van der Waals surface area contributed by atoms with Crippen molar-refractivity contribution >= 4 is 17.8 Å². The molecule has 0 N–H and O–H groups in total. The third-order valence-electron chi connectivity index (χ3n) is 9.43. The van der Waals surface area contributed by atoms with Crippen molar-refractivity contribution in [3.8, 4) is 11.5 Å². The molecule has 1 fully saturated rings. The summed E-state index contributed by atoms with van der Waals surface area (Å²) in [5.41, 5.74) is 4.11. The van der Waals surface area contributed by atoms with E-state index in [1.807, 2.05) is 30.3 Å². The topological polar surface area (TPSA) is 85.4 Å². The van der Waals surface area contributed by atoms with Gasteiger partial charge in [0.25, 0.3) is 11.8 Å². The Morgan fingerprint density at radius 3 is 2.14 bits per heavy atom. The van der Waals surface area contributed by atoms with Crippen molar-refractivity contribution in [1.29, 1.82) is 0 Å². The van der Waals surface area contributed by atoms with Gasteiger partial charge >= 0.3 is 5.97 Å². The highest BCUT2D eigenvalue weighted by Crippen LogP contribution is 2.50. The van der Waals surface area contributed by atoms with Gasteiger partial charge in [0.1, 0.15) is 6.61 Å². The summed E-state index contributed by atoms with van der Waals surface area (Å²) in [6.45, 7) is 2.22. The lowest BCUT2D eigenvalue weighted by Crippen LogP contribution is -2.53. The normalized spacial score (nSPS) is 21.4. The van der Waals surface area contributed by atoms with Gasteiger partial charge in [-0.15, -0.1) is 0 Å². The molecular formula is C35H38N2O6. The fourth-order valence-electron chi connectivity index (χ4n) is 7.15. The molecule has 0 saturated heterocycles. The average molecular weight is 583 g/mol. The summed E-state index contributed by atoms with van der Waals surface area (Å²) < 4.78 is 17.0. The van der Waals surface area contributed by atoms with Crippen molar-refractivity contribution < 1.29 is 28.6 Å². The Kier molecular flexibility index (Phi) is 8.21. The zero-order chi connectivity index (χ0) is 30.0. The van der Waals surface area contributed by atoms with Gasteiger partial charge in [0.05, 0.1) is 31.3 Å². The minimum atomic E-state index is -0.286. The van der Waals surface area contributed by atoms with Gasteiger partial charge in [-0.25, -0.2) is 0 Å². The van der Waals surface area contributed by atoms with Crippen LogP contribution in [0.1, 0.15) is 69.5 Å². The first kappa shape index (κ1) is 28.9. The van der Waals surface area contributed by atoms with Crippen molar-refractivity contribution in [2.75, 3.05) is 33.9 Å². The molecule has 0 unspecified atom stereocenters. The molecule has 0 atom stereocenters. The van der Waals surface area contributed by atoms with Crippen LogP contribution in [0.4, 0.5) is 0 Å². The number of hydrogen-bond acceptors (Lipinski definition) is 7. The molecule has 8 heteroatoms. The minimum Gasteiger partial charge on any atom is -0.493 e. The van der Waals surface area contributed by atoms with Gasteiger partial charge in [-0.1, -0.05) is 42.5 Å². The second-order valence-corrected chi connectivity index (χ2v) is 11.7. The van der Waals surface area contributed by atoms with E-state index in [1.54, 1.807) is 38.5 Å². The van der Waals surface area contributed by atoms with Gasteiger partial charge < -0.3 is 14.2 Å². The number of hydrogen-bond donors (Lipinski definition) is 0. The van der Waals surface area contributed by atoms with E-state index in [2.05, 4.69) is 17.0 Å². The van der Waals surface area contributed by atoms with Crippen molar-refractivity contribution in [1.82, 2.24) is 9.80 Å². The highest BCUT2D eigenvalue weighted by molar-refractivity contribution is 6.21. The van der Waals surface area contributed by atoms with Crippen LogP contribution in [0.25, 0.3) is 0 Å². The number of amides is 2. The number of carbonyl (C=O) groups excluding carboxylic acids is 3. The fourth-order valence-corrected chi connectivity index (χ4v) is 7.15. The molecule has 3 aliphatic rings. The summed E-state index contributed by atoms with van der Waals surface area (Å²) in [6.07, 6.45) is 4.55. The van der Waals surface area contributed by atoms with Crippen molar-refractivity contribution in [3.63, 3.8) is 0 Å². The van der Waals surface area contributed by atoms with E-state index >= 15 is 0 Å². The van der Waals surface area contributed by atoms with Gasteiger partial charge in [-0.3, -0.25) is 24.2 Å². The molecule has 0 aromatic heterocycles. The third-order valence-corrected chi connectivity index (χ3v) is 9.43. The Labute approximate surface area is 252 Å². The van der Waals surface area contributed by atoms with Crippen LogP contribution in [-0.2, 0) is 28.1 Å². The lowest BCUT2D eigenvalue weighted by molar-refractivity contribution is -0.152. The number of benzene rings is 3. The fraction of sp³-hybridized carbons (Fsp3) is 0.400. The van der Waals surface area contributed by atoms with Crippen LogP contribution in [-0.4, -0.2) is 61.4 Å². The van der Waals surface area contributed by atoms with Gasteiger partial charge in [-0.05, 0) is 79.5 Å². The molecule has 0 radical (unpaired) electrons. The number of nitrogens with zero attached hydrogens (tertiary/aromatic N) is 2. The quantitative estimate of drug-likeness (QED) is 0.248. The maximum atomic E-state index is 13.1. The summed E-state index contributed by atoms with van der Waals surface area (Å²) in [5.74, 6) is 0.683. The lowest BCUT2D eigenvalue weighted by atomic mass is 9.68. The first-order valence-electron chi connectivity index (χ1n) is 15.1. The highest BCUT2D eigenvalue weighted by atomic mass is 16.5. The summed E-state index contributed by atoms with van der Waals surface area (Å²) >= 11 is 0. The van der Waals surface area contributed by atoms with E-state index in [9.17, 15) is 14.4 Å². The molecule has 43 heavy (non-hydrogen) atoms. The molecule has 224 valence electrons. The largest absolute Gasteiger partial charge is 0.493 e. The van der Waals surface area contributed by atoms with E-state index < -0.39 is 0 Å². The van der Waals surface area contributed by atoms with E-state index in [4.69, 9.17) is 14.2 Å². The number of methoxy groups -OCH3 is 2. The average Bonchev–Trinajstić information content (AvgIpc) is 3.29. The molecule has 2 amide bonds. The number of fused-ring (bicyclic) bond motifs is 3. The Bertz CT molecular complexity index is 1480. The van der Waals surface area contributed by atoms with Crippen LogP contribution >= 0.6 is 0 Å². The standard InChI is InChI=1S/C35H38N2O6/c1-41-30-21-26-15-20-36(18-8-19-37-32(38)27-11-6-7-12-28(27)33(37)39)35(29(26)22-31(30)42-2)16-13-25(14-17-35)34(40)43-23-24-9-4-3-5-10-24/h3-7,9-12,21-22,25H,8,13-20,23H2,1-2H3/t25-,35+. The maximum Gasteiger partial charge on any atom is 0.309 e. The summed E-state index contributed by atoms with van der Waals surface area (Å²) in [4.78, 5) is 42.9.